The van der Waals surface area contributed by atoms with Gasteiger partial charge in [0.1, 0.15) is 5.75 Å². The van der Waals surface area contributed by atoms with Gasteiger partial charge in [-0.15, -0.1) is 0 Å². The van der Waals surface area contributed by atoms with Gasteiger partial charge < -0.3 is 10.5 Å². The molecular formula is C13H18BrNO. The first kappa shape index (κ1) is 11.9. The van der Waals surface area contributed by atoms with Crippen molar-refractivity contribution in [3.63, 3.8) is 0 Å². The van der Waals surface area contributed by atoms with Crippen LogP contribution in [0.5, 0.6) is 5.75 Å². The Bertz CT molecular complexity index is 424. The number of nitrogens with two attached hydrogens (primary N) is 1. The molecule has 0 aliphatic heterocycles. The van der Waals surface area contributed by atoms with E-state index < -0.39 is 0 Å². The van der Waals surface area contributed by atoms with Gasteiger partial charge in [0.15, 0.2) is 0 Å². The summed E-state index contributed by atoms with van der Waals surface area (Å²) >= 11 is 3.59. The molecule has 1 fully saturated rings. The van der Waals surface area contributed by atoms with E-state index in [0.717, 1.165) is 23.1 Å². The second kappa shape index (κ2) is 4.04. The summed E-state index contributed by atoms with van der Waals surface area (Å²) in [4.78, 5) is 0. The van der Waals surface area contributed by atoms with Gasteiger partial charge in [-0.2, -0.15) is 0 Å². The molecule has 0 amide bonds. The zero-order chi connectivity index (χ0) is 11.9. The van der Waals surface area contributed by atoms with Crippen molar-refractivity contribution in [3.05, 3.63) is 27.2 Å². The zero-order valence-corrected chi connectivity index (χ0v) is 11.6. The van der Waals surface area contributed by atoms with Gasteiger partial charge in [0.05, 0.1) is 11.6 Å². The Hall–Kier alpha value is -0.540. The first-order chi connectivity index (χ1) is 7.49. The maximum atomic E-state index is 6.42. The van der Waals surface area contributed by atoms with Crippen molar-refractivity contribution in [2.24, 2.45) is 5.73 Å². The molecule has 0 unspecified atom stereocenters. The highest BCUT2D eigenvalue weighted by Crippen LogP contribution is 2.45. The Morgan fingerprint density at radius 1 is 1.38 bits per heavy atom. The molecule has 0 spiro atoms. The van der Waals surface area contributed by atoms with Crippen LogP contribution in [-0.4, -0.2) is 7.11 Å². The van der Waals surface area contributed by atoms with Crippen LogP contribution in [0.15, 0.2) is 10.5 Å². The standard InChI is InChI=1S/C13H18BrNO/c1-8-7-10(16-3)12(14)9(2)11(8)13(15)5-4-6-13/h7H,4-6,15H2,1-3H3. The minimum atomic E-state index is -0.108. The maximum Gasteiger partial charge on any atom is 0.133 e. The monoisotopic (exact) mass is 283 g/mol. The molecule has 0 bridgehead atoms. The third kappa shape index (κ3) is 1.66. The summed E-state index contributed by atoms with van der Waals surface area (Å²) in [7, 11) is 1.69. The highest BCUT2D eigenvalue weighted by molar-refractivity contribution is 9.10. The first-order valence-electron chi connectivity index (χ1n) is 5.62. The molecule has 1 aliphatic carbocycles. The van der Waals surface area contributed by atoms with Crippen molar-refractivity contribution in [3.8, 4) is 5.75 Å². The Kier molecular flexibility index (Phi) is 3.01. The minimum Gasteiger partial charge on any atom is -0.496 e. The van der Waals surface area contributed by atoms with Crippen molar-refractivity contribution in [1.82, 2.24) is 0 Å². The Morgan fingerprint density at radius 2 is 2.00 bits per heavy atom. The van der Waals surface area contributed by atoms with Crippen LogP contribution in [0, 0.1) is 13.8 Å². The molecule has 2 N–H and O–H groups in total. The first-order valence-corrected chi connectivity index (χ1v) is 6.42. The Morgan fingerprint density at radius 3 is 2.44 bits per heavy atom. The van der Waals surface area contributed by atoms with Crippen LogP contribution in [0.2, 0.25) is 0 Å². The predicted molar refractivity (Wildman–Crippen MR) is 69.9 cm³/mol. The van der Waals surface area contributed by atoms with Crippen molar-refractivity contribution in [2.45, 2.75) is 38.6 Å². The Balaban J connectivity index is 2.58. The molecule has 1 aromatic rings. The van der Waals surface area contributed by atoms with Crippen LogP contribution in [0.4, 0.5) is 0 Å². The minimum absolute atomic E-state index is 0.108. The molecule has 0 aromatic heterocycles. The number of aryl methyl sites for hydroxylation is 1. The van der Waals surface area contributed by atoms with Crippen LogP contribution in [0.25, 0.3) is 0 Å². The number of rotatable bonds is 2. The summed E-state index contributed by atoms with van der Waals surface area (Å²) in [5, 5.41) is 0. The smallest absolute Gasteiger partial charge is 0.133 e. The Labute approximate surface area is 105 Å². The maximum absolute atomic E-state index is 6.42. The normalized spacial score (nSPS) is 18.1. The summed E-state index contributed by atoms with van der Waals surface area (Å²) < 4.78 is 6.37. The number of hydrogen-bond acceptors (Lipinski definition) is 2. The fraction of sp³-hybridized carbons (Fsp3) is 0.538. The lowest BCUT2D eigenvalue weighted by atomic mass is 9.70. The molecule has 88 valence electrons. The quantitative estimate of drug-likeness (QED) is 0.903. The van der Waals surface area contributed by atoms with Gasteiger partial charge in [0, 0.05) is 5.54 Å². The fourth-order valence-electron chi connectivity index (χ4n) is 2.64. The summed E-state index contributed by atoms with van der Waals surface area (Å²) in [6.07, 6.45) is 3.42. The number of benzene rings is 1. The summed E-state index contributed by atoms with van der Waals surface area (Å²) in [6.45, 7) is 4.23. The summed E-state index contributed by atoms with van der Waals surface area (Å²) in [6, 6.07) is 2.07. The predicted octanol–water partition coefficient (Wildman–Crippen LogP) is 3.41. The lowest BCUT2D eigenvalue weighted by molar-refractivity contribution is 0.251. The molecular weight excluding hydrogens is 266 g/mol. The van der Waals surface area contributed by atoms with E-state index in [1.54, 1.807) is 7.11 Å². The van der Waals surface area contributed by atoms with Gasteiger partial charge in [-0.1, -0.05) is 0 Å². The summed E-state index contributed by atoms with van der Waals surface area (Å²) in [5.41, 5.74) is 10.1. The molecule has 0 atom stereocenters. The molecule has 1 saturated carbocycles. The lowest BCUT2D eigenvalue weighted by Gasteiger charge is -2.41. The second-order valence-electron chi connectivity index (χ2n) is 4.72. The highest BCUT2D eigenvalue weighted by atomic mass is 79.9. The van der Waals surface area contributed by atoms with E-state index in [-0.39, 0.29) is 5.54 Å². The van der Waals surface area contributed by atoms with E-state index >= 15 is 0 Å². The zero-order valence-electron chi connectivity index (χ0n) is 10.1. The molecule has 3 heteroatoms. The van der Waals surface area contributed by atoms with Gasteiger partial charge in [0.25, 0.3) is 0 Å². The van der Waals surface area contributed by atoms with Crippen LogP contribution >= 0.6 is 15.9 Å². The second-order valence-corrected chi connectivity index (χ2v) is 5.51. The van der Waals surface area contributed by atoms with E-state index in [0.29, 0.717) is 0 Å². The third-order valence-corrected chi connectivity index (χ3v) is 4.61. The van der Waals surface area contributed by atoms with Gasteiger partial charge >= 0.3 is 0 Å². The van der Waals surface area contributed by atoms with Gasteiger partial charge in [0.2, 0.25) is 0 Å². The molecule has 0 saturated heterocycles. The lowest BCUT2D eigenvalue weighted by Crippen LogP contribution is -2.44. The molecule has 2 nitrogen and oxygen atoms in total. The van der Waals surface area contributed by atoms with Crippen molar-refractivity contribution in [2.75, 3.05) is 7.11 Å². The van der Waals surface area contributed by atoms with Crippen LogP contribution in [-0.2, 0) is 5.54 Å². The van der Waals surface area contributed by atoms with Gasteiger partial charge in [-0.05, 0) is 71.8 Å². The molecule has 0 heterocycles. The van der Waals surface area contributed by atoms with E-state index in [1.165, 1.54) is 23.1 Å². The third-order valence-electron chi connectivity index (χ3n) is 3.63. The van der Waals surface area contributed by atoms with E-state index in [1.807, 2.05) is 0 Å². The van der Waals surface area contributed by atoms with Crippen LogP contribution in [0.3, 0.4) is 0 Å². The van der Waals surface area contributed by atoms with E-state index in [4.69, 9.17) is 10.5 Å². The number of halogens is 1. The van der Waals surface area contributed by atoms with E-state index in [9.17, 15) is 0 Å². The number of ether oxygens (including phenoxy) is 1. The van der Waals surface area contributed by atoms with Crippen molar-refractivity contribution < 1.29 is 4.74 Å². The highest BCUT2D eigenvalue weighted by Gasteiger charge is 2.37. The molecule has 2 rings (SSSR count). The van der Waals surface area contributed by atoms with Crippen molar-refractivity contribution >= 4 is 15.9 Å². The topological polar surface area (TPSA) is 35.2 Å². The molecule has 0 radical (unpaired) electrons. The average molecular weight is 284 g/mol. The molecule has 1 aromatic carbocycles. The summed E-state index contributed by atoms with van der Waals surface area (Å²) in [5.74, 6) is 0.890. The fourth-order valence-corrected chi connectivity index (χ4v) is 3.12. The van der Waals surface area contributed by atoms with E-state index in [2.05, 4.69) is 35.8 Å². The van der Waals surface area contributed by atoms with Gasteiger partial charge in [-0.3, -0.25) is 0 Å². The van der Waals surface area contributed by atoms with Crippen LogP contribution < -0.4 is 10.5 Å². The molecule has 1 aliphatic rings. The van der Waals surface area contributed by atoms with Crippen LogP contribution in [0.1, 0.15) is 36.0 Å². The average Bonchev–Trinajstić information content (AvgIpc) is 2.21. The van der Waals surface area contributed by atoms with Crippen molar-refractivity contribution in [1.29, 1.82) is 0 Å². The van der Waals surface area contributed by atoms with Gasteiger partial charge in [-0.25, -0.2) is 0 Å². The molecule has 16 heavy (non-hydrogen) atoms. The largest absolute Gasteiger partial charge is 0.496 e. The number of hydrogen-bond donors (Lipinski definition) is 1. The SMILES string of the molecule is COc1cc(C)c(C2(N)CCC2)c(C)c1Br. The number of methoxy groups -OCH3 is 1.